The Morgan fingerprint density at radius 2 is 2.04 bits per heavy atom. The molecule has 3 fully saturated rings. The van der Waals surface area contributed by atoms with Gasteiger partial charge in [-0.1, -0.05) is 18.2 Å². The zero-order valence-corrected chi connectivity index (χ0v) is 15.4. The highest BCUT2D eigenvalue weighted by Gasteiger charge is 2.49. The van der Waals surface area contributed by atoms with E-state index < -0.39 is 0 Å². The van der Waals surface area contributed by atoms with Crippen LogP contribution in [0.1, 0.15) is 37.0 Å². The van der Waals surface area contributed by atoms with E-state index in [1.54, 1.807) is 11.8 Å². The Bertz CT molecular complexity index is 545. The summed E-state index contributed by atoms with van der Waals surface area (Å²) in [5.74, 6) is 1.05. The second-order valence-electron chi connectivity index (χ2n) is 6.70. The molecule has 3 heterocycles. The van der Waals surface area contributed by atoms with Crippen LogP contribution in [0.5, 0.6) is 0 Å². The first-order valence-corrected chi connectivity index (χ1v) is 9.92. The third-order valence-corrected chi connectivity index (χ3v) is 6.35. The maximum absolute atomic E-state index is 12.7. The summed E-state index contributed by atoms with van der Waals surface area (Å²) in [6.45, 7) is 7.89. The summed E-state index contributed by atoms with van der Waals surface area (Å²) in [6, 6.07) is 9.33. The fourth-order valence-electron chi connectivity index (χ4n) is 3.79. The lowest BCUT2D eigenvalue weighted by molar-refractivity contribution is -0.106. The lowest BCUT2D eigenvalue weighted by Gasteiger charge is -2.52. The number of ether oxygens (including phenoxy) is 2. The molecular weight excluding hydrogens is 322 g/mol. The predicted molar refractivity (Wildman–Crippen MR) is 97.3 cm³/mol. The molecule has 2 atom stereocenters. The van der Waals surface area contributed by atoms with Gasteiger partial charge in [0.2, 0.25) is 0 Å². The Morgan fingerprint density at radius 1 is 1.33 bits per heavy atom. The molecule has 0 N–H and O–H groups in total. The van der Waals surface area contributed by atoms with Gasteiger partial charge in [0.05, 0.1) is 5.56 Å². The Morgan fingerprint density at radius 3 is 2.62 bits per heavy atom. The molecule has 1 aromatic carbocycles. The highest BCUT2D eigenvalue weighted by Crippen LogP contribution is 2.41. The molecule has 0 aliphatic carbocycles. The van der Waals surface area contributed by atoms with Crippen LogP contribution in [0.2, 0.25) is 0 Å². The van der Waals surface area contributed by atoms with Crippen molar-refractivity contribution in [2.24, 2.45) is 5.92 Å². The third-order valence-electron chi connectivity index (χ3n) is 5.09. The summed E-state index contributed by atoms with van der Waals surface area (Å²) in [6.07, 6.45) is 2.23. The largest absolute Gasteiger partial charge is 0.453 e. The van der Waals surface area contributed by atoms with Gasteiger partial charge in [-0.2, -0.15) is 0 Å². The molecule has 3 aliphatic heterocycles. The van der Waals surface area contributed by atoms with Crippen LogP contribution >= 0.6 is 11.8 Å². The SMILES string of the molecule is CCO[C@@H](C)SC[C@]1(OC(=O)c2ccccc2)CN2CCC1CC2. The van der Waals surface area contributed by atoms with E-state index in [1.165, 1.54) is 0 Å². The smallest absolute Gasteiger partial charge is 0.338 e. The Hall–Kier alpha value is -1.04. The van der Waals surface area contributed by atoms with Gasteiger partial charge in [-0.05, 0) is 51.9 Å². The summed E-state index contributed by atoms with van der Waals surface area (Å²) in [7, 11) is 0. The zero-order chi connectivity index (χ0) is 17.0. The van der Waals surface area contributed by atoms with E-state index in [2.05, 4.69) is 11.8 Å². The molecule has 3 aliphatic rings. The zero-order valence-electron chi connectivity index (χ0n) is 14.6. The van der Waals surface area contributed by atoms with Gasteiger partial charge in [0.15, 0.2) is 0 Å². The van der Waals surface area contributed by atoms with Gasteiger partial charge in [0, 0.05) is 24.8 Å². The maximum Gasteiger partial charge on any atom is 0.338 e. The molecule has 2 bridgehead atoms. The van der Waals surface area contributed by atoms with Crippen LogP contribution in [0.25, 0.3) is 0 Å². The summed E-state index contributed by atoms with van der Waals surface area (Å²) in [4.78, 5) is 15.1. The number of esters is 1. The van der Waals surface area contributed by atoms with Crippen molar-refractivity contribution in [1.82, 2.24) is 4.90 Å². The lowest BCUT2D eigenvalue weighted by Crippen LogP contribution is -2.62. The number of nitrogens with zero attached hydrogens (tertiary/aromatic N) is 1. The van der Waals surface area contributed by atoms with Crippen molar-refractivity contribution in [2.75, 3.05) is 32.0 Å². The molecule has 132 valence electrons. The molecule has 24 heavy (non-hydrogen) atoms. The molecule has 3 saturated heterocycles. The number of thioether (sulfide) groups is 1. The van der Waals surface area contributed by atoms with Crippen LogP contribution in [0.3, 0.4) is 0 Å². The number of hydrogen-bond acceptors (Lipinski definition) is 5. The molecule has 0 unspecified atom stereocenters. The molecule has 1 aromatic rings. The fourth-order valence-corrected chi connectivity index (χ4v) is 4.93. The third kappa shape index (κ3) is 3.95. The van der Waals surface area contributed by atoms with Crippen LogP contribution < -0.4 is 0 Å². The van der Waals surface area contributed by atoms with E-state index in [1.807, 2.05) is 37.3 Å². The summed E-state index contributed by atoms with van der Waals surface area (Å²) in [5.41, 5.74) is 0.369. The van der Waals surface area contributed by atoms with Gasteiger partial charge >= 0.3 is 5.97 Å². The van der Waals surface area contributed by atoms with Crippen LogP contribution in [0.15, 0.2) is 30.3 Å². The van der Waals surface area contributed by atoms with Gasteiger partial charge < -0.3 is 9.47 Å². The first-order valence-electron chi connectivity index (χ1n) is 8.87. The van der Waals surface area contributed by atoms with Crippen molar-refractivity contribution in [3.63, 3.8) is 0 Å². The van der Waals surface area contributed by atoms with Crippen LogP contribution in [-0.2, 0) is 9.47 Å². The molecular formula is C19H27NO3S. The lowest BCUT2D eigenvalue weighted by atomic mass is 9.76. The minimum Gasteiger partial charge on any atom is -0.453 e. The van der Waals surface area contributed by atoms with E-state index in [-0.39, 0.29) is 17.0 Å². The Kier molecular flexibility index (Phi) is 5.85. The van der Waals surface area contributed by atoms with Crippen LogP contribution in [0, 0.1) is 5.92 Å². The number of piperidine rings is 3. The normalized spacial score (nSPS) is 30.1. The van der Waals surface area contributed by atoms with Gasteiger partial charge in [-0.25, -0.2) is 4.79 Å². The number of hydrogen-bond donors (Lipinski definition) is 0. The Balaban J connectivity index is 1.74. The van der Waals surface area contributed by atoms with E-state index >= 15 is 0 Å². The minimum absolute atomic E-state index is 0.123. The summed E-state index contributed by atoms with van der Waals surface area (Å²) in [5, 5.41) is 0. The minimum atomic E-state index is -0.389. The number of carbonyl (C=O) groups excluding carboxylic acids is 1. The number of rotatable bonds is 7. The molecule has 0 aromatic heterocycles. The number of carbonyl (C=O) groups is 1. The second kappa shape index (κ2) is 7.89. The monoisotopic (exact) mass is 349 g/mol. The van der Waals surface area contributed by atoms with Crippen molar-refractivity contribution in [3.8, 4) is 0 Å². The van der Waals surface area contributed by atoms with Crippen molar-refractivity contribution in [3.05, 3.63) is 35.9 Å². The summed E-state index contributed by atoms with van der Waals surface area (Å²) >= 11 is 1.76. The molecule has 4 rings (SSSR count). The Labute approximate surface area is 148 Å². The van der Waals surface area contributed by atoms with Crippen molar-refractivity contribution >= 4 is 17.7 Å². The standard InChI is InChI=1S/C19H27NO3S/c1-3-22-15(2)24-14-19(13-20-11-9-17(19)10-12-20)23-18(21)16-7-5-4-6-8-16/h4-8,15,17H,3,9-14H2,1-2H3/t15-,19-/m1/s1. The van der Waals surface area contributed by atoms with Gasteiger partial charge in [-0.3, -0.25) is 4.90 Å². The van der Waals surface area contributed by atoms with Crippen molar-refractivity contribution in [1.29, 1.82) is 0 Å². The molecule has 5 heteroatoms. The molecule has 0 radical (unpaired) electrons. The van der Waals surface area contributed by atoms with E-state index in [0.717, 1.165) is 38.2 Å². The van der Waals surface area contributed by atoms with E-state index in [9.17, 15) is 4.79 Å². The maximum atomic E-state index is 12.7. The van der Waals surface area contributed by atoms with E-state index in [4.69, 9.17) is 9.47 Å². The number of fused-ring (bicyclic) bond motifs is 3. The first kappa shape index (κ1) is 17.8. The molecule has 4 nitrogen and oxygen atoms in total. The van der Waals surface area contributed by atoms with Crippen LogP contribution in [-0.4, -0.2) is 53.9 Å². The number of benzene rings is 1. The quantitative estimate of drug-likeness (QED) is 0.557. The topological polar surface area (TPSA) is 38.8 Å². The molecule has 0 saturated carbocycles. The second-order valence-corrected chi connectivity index (χ2v) is 7.99. The fraction of sp³-hybridized carbons (Fsp3) is 0.632. The average molecular weight is 349 g/mol. The van der Waals surface area contributed by atoms with Crippen molar-refractivity contribution < 1.29 is 14.3 Å². The first-order chi connectivity index (χ1) is 11.6. The van der Waals surface area contributed by atoms with Crippen LogP contribution in [0.4, 0.5) is 0 Å². The van der Waals surface area contributed by atoms with Crippen molar-refractivity contribution in [2.45, 2.75) is 37.7 Å². The molecule has 0 amide bonds. The highest BCUT2D eigenvalue weighted by atomic mass is 32.2. The van der Waals surface area contributed by atoms with E-state index in [0.29, 0.717) is 18.1 Å². The highest BCUT2D eigenvalue weighted by molar-refractivity contribution is 7.99. The van der Waals surface area contributed by atoms with Gasteiger partial charge in [-0.15, -0.1) is 11.8 Å². The van der Waals surface area contributed by atoms with Gasteiger partial charge in [0.1, 0.15) is 11.0 Å². The average Bonchev–Trinajstić information content (AvgIpc) is 2.62. The molecule has 0 spiro atoms. The summed E-state index contributed by atoms with van der Waals surface area (Å²) < 4.78 is 11.8. The van der Waals surface area contributed by atoms with Gasteiger partial charge in [0.25, 0.3) is 0 Å². The predicted octanol–water partition coefficient (Wildman–Crippen LogP) is 3.42.